The van der Waals surface area contributed by atoms with Crippen LogP contribution in [0.2, 0.25) is 0 Å². The molecule has 0 saturated carbocycles. The minimum Gasteiger partial charge on any atom is -0.361 e. The molecule has 0 unspecified atom stereocenters. The van der Waals surface area contributed by atoms with E-state index in [4.69, 9.17) is 5.21 Å². The fourth-order valence-electron chi connectivity index (χ4n) is 2.97. The number of nitrogens with one attached hydrogen (secondary N) is 2. The van der Waals surface area contributed by atoms with Gasteiger partial charge in [0, 0.05) is 11.7 Å². The third-order valence-electron chi connectivity index (χ3n) is 4.31. The lowest BCUT2D eigenvalue weighted by Crippen LogP contribution is -2.20. The second-order valence-electron chi connectivity index (χ2n) is 6.13. The van der Waals surface area contributed by atoms with E-state index < -0.39 is 0 Å². The van der Waals surface area contributed by atoms with Crippen molar-refractivity contribution >= 4 is 16.8 Å². The van der Waals surface area contributed by atoms with Crippen molar-refractivity contribution in [1.82, 2.24) is 10.5 Å². The molecule has 0 atom stereocenters. The summed E-state index contributed by atoms with van der Waals surface area (Å²) in [6, 6.07) is 16.7. The minimum atomic E-state index is -0.387. The van der Waals surface area contributed by atoms with Gasteiger partial charge >= 0.3 is 0 Å². The van der Waals surface area contributed by atoms with E-state index in [2.05, 4.69) is 41.4 Å². The summed E-state index contributed by atoms with van der Waals surface area (Å²) in [5, 5.41) is 9.81. The normalized spacial score (nSPS) is 10.3. The Bertz CT molecular complexity index is 806. The van der Waals surface area contributed by atoms with E-state index in [1.807, 2.05) is 32.2 Å². The van der Waals surface area contributed by atoms with E-state index in [0.29, 0.717) is 0 Å². The number of amides is 1. The van der Waals surface area contributed by atoms with Crippen LogP contribution in [0.3, 0.4) is 0 Å². The molecule has 0 radical (unpaired) electrons. The van der Waals surface area contributed by atoms with Gasteiger partial charge in [0.25, 0.3) is 0 Å². The van der Waals surface area contributed by atoms with Crippen LogP contribution < -0.4 is 5.48 Å². The highest BCUT2D eigenvalue weighted by atomic mass is 16.5. The smallest absolute Gasteiger partial charge is 0.247 e. The molecule has 1 heterocycles. The number of carbonyl (C=O) groups excluding carboxylic acids is 1. The van der Waals surface area contributed by atoms with Crippen LogP contribution in [0, 0.1) is 0 Å². The maximum absolute atomic E-state index is 11.1. The number of aromatic nitrogens is 1. The summed E-state index contributed by atoms with van der Waals surface area (Å²) in [7, 11) is 0. The minimum absolute atomic E-state index is 0.207. The van der Waals surface area contributed by atoms with Gasteiger partial charge in [0.2, 0.25) is 5.91 Å². The zero-order valence-corrected chi connectivity index (χ0v) is 15.6. The first kappa shape index (κ1) is 19.7. The van der Waals surface area contributed by atoms with Gasteiger partial charge in [-0.1, -0.05) is 44.2 Å². The van der Waals surface area contributed by atoms with E-state index >= 15 is 0 Å². The van der Waals surface area contributed by atoms with Crippen molar-refractivity contribution in [1.29, 1.82) is 0 Å². The van der Waals surface area contributed by atoms with Crippen LogP contribution >= 0.6 is 0 Å². The van der Waals surface area contributed by atoms with E-state index in [0.717, 1.165) is 31.2 Å². The number of hydroxylamine groups is 1. The number of hydrogen-bond donors (Lipinski definition) is 3. The molecule has 1 amide bonds. The molecule has 0 aliphatic carbocycles. The topological polar surface area (TPSA) is 65.1 Å². The molecule has 3 rings (SSSR count). The molecule has 3 aromatic rings. The summed E-state index contributed by atoms with van der Waals surface area (Å²) < 4.78 is 0. The number of hydrogen-bond acceptors (Lipinski definition) is 2. The predicted molar refractivity (Wildman–Crippen MR) is 106 cm³/mol. The van der Waals surface area contributed by atoms with Gasteiger partial charge in [-0.05, 0) is 66.0 Å². The standard InChI is InChI=1S/C20H22N2O2.C2H6/c23-20(22-24)14-17-7-5-15(6-8-17)3-1-2-4-16-9-10-19-18(13-16)11-12-21-19;1-2/h5-13,21,24H,1-4,14H2,(H,22,23);1-2H3. The van der Waals surface area contributed by atoms with Crippen LogP contribution in [-0.4, -0.2) is 16.1 Å². The maximum atomic E-state index is 11.1. The number of aromatic amines is 1. The summed E-state index contributed by atoms with van der Waals surface area (Å²) in [5.74, 6) is -0.387. The summed E-state index contributed by atoms with van der Waals surface area (Å²) in [4.78, 5) is 14.3. The molecule has 2 aromatic carbocycles. The van der Waals surface area contributed by atoms with Crippen LogP contribution in [0.4, 0.5) is 0 Å². The van der Waals surface area contributed by atoms with Crippen LogP contribution in [-0.2, 0) is 24.1 Å². The van der Waals surface area contributed by atoms with Crippen molar-refractivity contribution in [2.75, 3.05) is 0 Å². The fourth-order valence-corrected chi connectivity index (χ4v) is 2.97. The Morgan fingerprint density at radius 1 is 0.923 bits per heavy atom. The average molecular weight is 352 g/mol. The van der Waals surface area contributed by atoms with Crippen molar-refractivity contribution in [3.05, 3.63) is 71.4 Å². The van der Waals surface area contributed by atoms with Crippen molar-refractivity contribution < 1.29 is 10.0 Å². The Balaban J connectivity index is 0.00000117. The number of fused-ring (bicyclic) bond motifs is 1. The molecule has 0 aliphatic rings. The highest BCUT2D eigenvalue weighted by Crippen LogP contribution is 2.16. The van der Waals surface area contributed by atoms with Crippen LogP contribution in [0.1, 0.15) is 43.4 Å². The van der Waals surface area contributed by atoms with Gasteiger partial charge in [0.1, 0.15) is 0 Å². The molecule has 0 spiro atoms. The number of rotatable bonds is 7. The maximum Gasteiger partial charge on any atom is 0.247 e. The molecule has 0 saturated heterocycles. The molecule has 0 bridgehead atoms. The molecule has 0 fully saturated rings. The molecule has 3 N–H and O–H groups in total. The zero-order valence-electron chi connectivity index (χ0n) is 15.6. The Labute approximate surface area is 155 Å². The number of carbonyl (C=O) groups is 1. The van der Waals surface area contributed by atoms with Gasteiger partial charge in [0.05, 0.1) is 6.42 Å². The van der Waals surface area contributed by atoms with Gasteiger partial charge in [-0.15, -0.1) is 0 Å². The van der Waals surface area contributed by atoms with Crippen LogP contribution in [0.15, 0.2) is 54.7 Å². The van der Waals surface area contributed by atoms with Crippen LogP contribution in [0.5, 0.6) is 0 Å². The van der Waals surface area contributed by atoms with Crippen molar-refractivity contribution in [3.8, 4) is 0 Å². The molecule has 4 heteroatoms. The van der Waals surface area contributed by atoms with Gasteiger partial charge in [-0.2, -0.15) is 0 Å². The third-order valence-corrected chi connectivity index (χ3v) is 4.31. The monoisotopic (exact) mass is 352 g/mol. The van der Waals surface area contributed by atoms with Gasteiger partial charge < -0.3 is 4.98 Å². The van der Waals surface area contributed by atoms with Gasteiger partial charge in [0.15, 0.2) is 0 Å². The molecular formula is C22H28N2O2. The fraction of sp³-hybridized carbons (Fsp3) is 0.318. The lowest BCUT2D eigenvalue weighted by atomic mass is 10.0. The quantitative estimate of drug-likeness (QED) is 0.325. The second-order valence-corrected chi connectivity index (χ2v) is 6.13. The lowest BCUT2D eigenvalue weighted by molar-refractivity contribution is -0.128. The number of H-pyrrole nitrogens is 1. The summed E-state index contributed by atoms with van der Waals surface area (Å²) >= 11 is 0. The summed E-state index contributed by atoms with van der Waals surface area (Å²) in [6.45, 7) is 4.00. The molecule has 138 valence electrons. The third kappa shape index (κ3) is 5.74. The molecular weight excluding hydrogens is 324 g/mol. The van der Waals surface area contributed by atoms with Crippen molar-refractivity contribution in [2.45, 2.75) is 46.0 Å². The Morgan fingerprint density at radius 2 is 1.54 bits per heavy atom. The number of unbranched alkanes of at least 4 members (excludes halogenated alkanes) is 1. The predicted octanol–water partition coefficient (Wildman–Crippen LogP) is 4.81. The summed E-state index contributed by atoms with van der Waals surface area (Å²) in [6.07, 6.45) is 6.61. The van der Waals surface area contributed by atoms with Crippen molar-refractivity contribution in [2.24, 2.45) is 0 Å². The average Bonchev–Trinajstić information content (AvgIpc) is 3.16. The largest absolute Gasteiger partial charge is 0.361 e. The highest BCUT2D eigenvalue weighted by Gasteiger charge is 2.02. The first-order chi connectivity index (χ1) is 12.7. The van der Waals surface area contributed by atoms with Crippen molar-refractivity contribution in [3.63, 3.8) is 0 Å². The Kier molecular flexibility index (Phi) is 7.90. The van der Waals surface area contributed by atoms with E-state index in [1.54, 1.807) is 5.48 Å². The molecule has 4 nitrogen and oxygen atoms in total. The first-order valence-corrected chi connectivity index (χ1v) is 9.31. The summed E-state index contributed by atoms with van der Waals surface area (Å²) in [5.41, 5.74) is 6.41. The number of benzene rings is 2. The van der Waals surface area contributed by atoms with Crippen LogP contribution in [0.25, 0.3) is 10.9 Å². The second kappa shape index (κ2) is 10.4. The SMILES string of the molecule is CC.O=C(Cc1ccc(CCCCc2ccc3[nH]ccc3c2)cc1)NO. The highest BCUT2D eigenvalue weighted by molar-refractivity contribution is 5.79. The number of aryl methyl sites for hydroxylation is 2. The molecule has 26 heavy (non-hydrogen) atoms. The first-order valence-electron chi connectivity index (χ1n) is 9.31. The van der Waals surface area contributed by atoms with Gasteiger partial charge in [-0.3, -0.25) is 10.0 Å². The molecule has 1 aromatic heterocycles. The van der Waals surface area contributed by atoms with E-state index in [9.17, 15) is 4.79 Å². The Morgan fingerprint density at radius 3 is 2.23 bits per heavy atom. The van der Waals surface area contributed by atoms with E-state index in [1.165, 1.54) is 22.0 Å². The lowest BCUT2D eigenvalue weighted by Gasteiger charge is -2.05. The van der Waals surface area contributed by atoms with Gasteiger partial charge in [-0.25, -0.2) is 5.48 Å². The molecule has 0 aliphatic heterocycles. The zero-order chi connectivity index (χ0) is 18.8. The Hall–Kier alpha value is -2.59. The van der Waals surface area contributed by atoms with E-state index in [-0.39, 0.29) is 12.3 Å².